The molecule has 4 aliphatic rings. The molecule has 0 aliphatic heterocycles. The molecule has 0 aromatic rings. The molecule has 20 heavy (non-hydrogen) atoms. The molecule has 4 aliphatic carbocycles. The lowest BCUT2D eigenvalue weighted by molar-refractivity contribution is -0.146. The number of amides is 1. The van der Waals surface area contributed by atoms with Gasteiger partial charge in [-0.05, 0) is 74.5 Å². The molecule has 0 radical (unpaired) electrons. The van der Waals surface area contributed by atoms with Crippen LogP contribution in [0.15, 0.2) is 0 Å². The summed E-state index contributed by atoms with van der Waals surface area (Å²) in [5, 5.41) is 3.27. The zero-order chi connectivity index (χ0) is 14.4. The third-order valence-electron chi connectivity index (χ3n) is 5.91. The minimum absolute atomic E-state index is 0.0382. The first kappa shape index (κ1) is 14.4. The van der Waals surface area contributed by atoms with E-state index in [4.69, 9.17) is 0 Å². The molecule has 2 nitrogen and oxygen atoms in total. The van der Waals surface area contributed by atoms with Gasteiger partial charge in [-0.2, -0.15) is 0 Å². The first-order valence-electron chi connectivity index (χ1n) is 8.65. The zero-order valence-corrected chi connectivity index (χ0v) is 13.5. The van der Waals surface area contributed by atoms with E-state index in [1.807, 2.05) is 0 Å². The lowest BCUT2D eigenvalue weighted by Gasteiger charge is -2.55. The average Bonchev–Trinajstić information content (AvgIpc) is 2.31. The predicted octanol–water partition coefficient (Wildman–Crippen LogP) is 4.15. The average molecular weight is 277 g/mol. The Labute approximate surface area is 124 Å². The zero-order valence-electron chi connectivity index (χ0n) is 13.5. The molecule has 4 fully saturated rings. The normalized spacial score (nSPS) is 39.0. The van der Waals surface area contributed by atoms with Crippen LogP contribution >= 0.6 is 0 Å². The molecule has 4 bridgehead atoms. The van der Waals surface area contributed by atoms with E-state index in [1.165, 1.54) is 44.9 Å². The van der Waals surface area contributed by atoms with E-state index in [2.05, 4.69) is 26.1 Å². The van der Waals surface area contributed by atoms with Gasteiger partial charge in [0.05, 0.1) is 0 Å². The van der Waals surface area contributed by atoms with E-state index in [0.29, 0.717) is 11.3 Å². The lowest BCUT2D eigenvalue weighted by atomic mass is 9.49. The predicted molar refractivity (Wildman–Crippen MR) is 82.3 cm³/mol. The molecule has 0 aromatic carbocycles. The van der Waals surface area contributed by atoms with Crippen LogP contribution in [0.4, 0.5) is 0 Å². The summed E-state index contributed by atoms with van der Waals surface area (Å²) in [5.74, 6) is 2.98. The maximum absolute atomic E-state index is 12.7. The van der Waals surface area contributed by atoms with Gasteiger partial charge in [0.15, 0.2) is 0 Å². The highest BCUT2D eigenvalue weighted by Gasteiger charge is 2.54. The molecule has 0 aromatic heterocycles. The van der Waals surface area contributed by atoms with Crippen LogP contribution in [-0.4, -0.2) is 12.5 Å². The molecule has 0 atom stereocenters. The van der Waals surface area contributed by atoms with Crippen molar-refractivity contribution in [1.82, 2.24) is 5.32 Å². The first-order valence-corrected chi connectivity index (χ1v) is 8.65. The third kappa shape index (κ3) is 2.89. The molecule has 114 valence electrons. The van der Waals surface area contributed by atoms with Crippen molar-refractivity contribution in [1.29, 1.82) is 0 Å². The Balaban J connectivity index is 1.52. The highest BCUT2D eigenvalue weighted by molar-refractivity contribution is 5.83. The van der Waals surface area contributed by atoms with Crippen molar-refractivity contribution in [2.75, 3.05) is 6.54 Å². The maximum atomic E-state index is 12.7. The number of carbonyl (C=O) groups excluding carboxylic acids is 1. The SMILES string of the molecule is CC(C)(C)CCCNC(=O)C12CC3CC(CC(C3)C1)C2. The van der Waals surface area contributed by atoms with Crippen LogP contribution in [0.5, 0.6) is 0 Å². The van der Waals surface area contributed by atoms with Gasteiger partial charge >= 0.3 is 0 Å². The fourth-order valence-electron chi connectivity index (χ4n) is 5.40. The first-order chi connectivity index (χ1) is 9.36. The summed E-state index contributed by atoms with van der Waals surface area (Å²) in [6, 6.07) is 0. The second-order valence-electron chi connectivity index (χ2n) is 9.12. The molecule has 0 heterocycles. The van der Waals surface area contributed by atoms with Crippen LogP contribution in [0.25, 0.3) is 0 Å². The Bertz CT molecular complexity index is 344. The van der Waals surface area contributed by atoms with Crippen LogP contribution in [0.3, 0.4) is 0 Å². The van der Waals surface area contributed by atoms with Gasteiger partial charge in [0.2, 0.25) is 5.91 Å². The van der Waals surface area contributed by atoms with Crippen molar-refractivity contribution < 1.29 is 4.79 Å². The van der Waals surface area contributed by atoms with Gasteiger partial charge in [-0.25, -0.2) is 0 Å². The third-order valence-corrected chi connectivity index (χ3v) is 5.91. The van der Waals surface area contributed by atoms with Crippen molar-refractivity contribution in [3.63, 3.8) is 0 Å². The number of nitrogens with one attached hydrogen (secondary N) is 1. The van der Waals surface area contributed by atoms with Crippen LogP contribution in [0, 0.1) is 28.6 Å². The minimum atomic E-state index is 0.0382. The number of rotatable bonds is 4. The summed E-state index contributed by atoms with van der Waals surface area (Å²) in [6.45, 7) is 7.69. The molecule has 4 saturated carbocycles. The van der Waals surface area contributed by atoms with Crippen molar-refractivity contribution in [3.8, 4) is 0 Å². The van der Waals surface area contributed by atoms with Crippen LogP contribution in [0.2, 0.25) is 0 Å². The van der Waals surface area contributed by atoms with E-state index in [-0.39, 0.29) is 5.41 Å². The largest absolute Gasteiger partial charge is 0.356 e. The van der Waals surface area contributed by atoms with Gasteiger partial charge in [0, 0.05) is 12.0 Å². The van der Waals surface area contributed by atoms with E-state index < -0.39 is 0 Å². The van der Waals surface area contributed by atoms with Crippen LogP contribution in [-0.2, 0) is 4.79 Å². The number of hydrogen-bond acceptors (Lipinski definition) is 1. The molecule has 1 N–H and O–H groups in total. The summed E-state index contributed by atoms with van der Waals surface area (Å²) in [4.78, 5) is 12.7. The molecule has 2 heteroatoms. The summed E-state index contributed by atoms with van der Waals surface area (Å²) >= 11 is 0. The van der Waals surface area contributed by atoms with E-state index in [9.17, 15) is 4.79 Å². The van der Waals surface area contributed by atoms with Gasteiger partial charge in [-0.3, -0.25) is 4.79 Å². The summed E-state index contributed by atoms with van der Waals surface area (Å²) in [5.41, 5.74) is 0.419. The Hall–Kier alpha value is -0.530. The number of carbonyl (C=O) groups is 1. The van der Waals surface area contributed by atoms with Crippen molar-refractivity contribution >= 4 is 5.91 Å². The van der Waals surface area contributed by atoms with Gasteiger partial charge < -0.3 is 5.32 Å². The van der Waals surface area contributed by atoms with Crippen LogP contribution in [0.1, 0.15) is 72.1 Å². The quantitative estimate of drug-likeness (QED) is 0.769. The summed E-state index contributed by atoms with van der Waals surface area (Å²) < 4.78 is 0. The summed E-state index contributed by atoms with van der Waals surface area (Å²) in [6.07, 6.45) is 10.1. The highest BCUT2D eigenvalue weighted by Crippen LogP contribution is 2.60. The molecule has 1 amide bonds. The Morgan fingerprint density at radius 1 is 1.05 bits per heavy atom. The van der Waals surface area contributed by atoms with Crippen molar-refractivity contribution in [2.24, 2.45) is 28.6 Å². The molecular formula is C18H31NO. The van der Waals surface area contributed by atoms with Gasteiger partial charge in [0.25, 0.3) is 0 Å². The second kappa shape index (κ2) is 5.03. The Morgan fingerprint density at radius 2 is 1.55 bits per heavy atom. The van der Waals surface area contributed by atoms with E-state index in [0.717, 1.165) is 30.7 Å². The van der Waals surface area contributed by atoms with Crippen molar-refractivity contribution in [2.45, 2.75) is 72.1 Å². The molecule has 4 rings (SSSR count). The van der Waals surface area contributed by atoms with E-state index in [1.54, 1.807) is 0 Å². The second-order valence-corrected chi connectivity index (χ2v) is 9.12. The molecular weight excluding hydrogens is 246 g/mol. The Morgan fingerprint density at radius 3 is 2.00 bits per heavy atom. The standard InChI is InChI=1S/C18H31NO/c1-17(2,3)5-4-6-19-16(20)18-10-13-7-14(11-18)9-15(8-13)12-18/h13-15H,4-12H2,1-3H3,(H,19,20). The lowest BCUT2D eigenvalue weighted by Crippen LogP contribution is -2.53. The molecule has 0 spiro atoms. The van der Waals surface area contributed by atoms with Crippen LogP contribution < -0.4 is 5.32 Å². The topological polar surface area (TPSA) is 29.1 Å². The fraction of sp³-hybridized carbons (Fsp3) is 0.944. The van der Waals surface area contributed by atoms with Crippen molar-refractivity contribution in [3.05, 3.63) is 0 Å². The highest BCUT2D eigenvalue weighted by atomic mass is 16.2. The molecule has 0 saturated heterocycles. The van der Waals surface area contributed by atoms with Gasteiger partial charge in [-0.1, -0.05) is 20.8 Å². The fourth-order valence-corrected chi connectivity index (χ4v) is 5.40. The van der Waals surface area contributed by atoms with E-state index >= 15 is 0 Å². The number of hydrogen-bond donors (Lipinski definition) is 1. The molecule has 0 unspecified atom stereocenters. The smallest absolute Gasteiger partial charge is 0.226 e. The monoisotopic (exact) mass is 277 g/mol. The minimum Gasteiger partial charge on any atom is -0.356 e. The Kier molecular flexibility index (Phi) is 3.63. The van der Waals surface area contributed by atoms with Gasteiger partial charge in [0.1, 0.15) is 0 Å². The summed E-state index contributed by atoms with van der Waals surface area (Å²) in [7, 11) is 0. The van der Waals surface area contributed by atoms with Gasteiger partial charge in [-0.15, -0.1) is 0 Å². The maximum Gasteiger partial charge on any atom is 0.226 e.